The summed E-state index contributed by atoms with van der Waals surface area (Å²) < 4.78 is 0. The van der Waals surface area contributed by atoms with E-state index < -0.39 is 0 Å². The van der Waals surface area contributed by atoms with E-state index >= 15 is 0 Å². The predicted octanol–water partition coefficient (Wildman–Crippen LogP) is 5.41. The van der Waals surface area contributed by atoms with Gasteiger partial charge in [-0.25, -0.2) is 0 Å². The number of aryl methyl sites for hydroxylation is 3. The van der Waals surface area contributed by atoms with Crippen molar-refractivity contribution in [2.45, 2.75) is 39.5 Å². The number of carbonyl (C=O) groups excluding carboxylic acids is 1. The Morgan fingerprint density at radius 3 is 2.62 bits per heavy atom. The van der Waals surface area contributed by atoms with Crippen LogP contribution in [0, 0.1) is 19.8 Å². The average Bonchev–Trinajstić information content (AvgIpc) is 3.24. The molecule has 1 saturated heterocycles. The molecule has 166 valence electrons. The Morgan fingerprint density at radius 1 is 0.938 bits per heavy atom. The molecule has 1 fully saturated rings. The molecule has 0 radical (unpaired) electrons. The van der Waals surface area contributed by atoms with Gasteiger partial charge < -0.3 is 9.80 Å². The van der Waals surface area contributed by atoms with Crippen molar-refractivity contribution in [3.63, 3.8) is 0 Å². The molecule has 32 heavy (non-hydrogen) atoms. The first-order valence-electron chi connectivity index (χ1n) is 12.2. The van der Waals surface area contributed by atoms with Crippen LogP contribution in [0.15, 0.2) is 54.6 Å². The third-order valence-corrected chi connectivity index (χ3v) is 7.49. The summed E-state index contributed by atoms with van der Waals surface area (Å²) in [5.41, 5.74) is 6.11. The van der Waals surface area contributed by atoms with Gasteiger partial charge in [-0.3, -0.25) is 4.79 Å². The first-order valence-corrected chi connectivity index (χ1v) is 12.2. The van der Waals surface area contributed by atoms with Crippen LogP contribution in [0.4, 0.5) is 0 Å². The van der Waals surface area contributed by atoms with E-state index in [9.17, 15) is 4.79 Å². The monoisotopic (exact) mass is 426 g/mol. The molecule has 3 aromatic rings. The zero-order chi connectivity index (χ0) is 22.1. The minimum atomic E-state index is 0.240. The van der Waals surface area contributed by atoms with Crippen LogP contribution >= 0.6 is 0 Å². The lowest BCUT2D eigenvalue weighted by Gasteiger charge is -2.31. The number of likely N-dealkylation sites (tertiary alicyclic amines) is 1. The third-order valence-electron chi connectivity index (χ3n) is 7.49. The highest BCUT2D eigenvalue weighted by atomic mass is 16.2. The Morgan fingerprint density at radius 2 is 1.75 bits per heavy atom. The Labute approximate surface area is 192 Å². The van der Waals surface area contributed by atoms with Crippen LogP contribution in [0.1, 0.15) is 45.5 Å². The number of rotatable bonds is 6. The summed E-state index contributed by atoms with van der Waals surface area (Å²) in [6.07, 6.45) is 4.52. The van der Waals surface area contributed by atoms with Crippen molar-refractivity contribution in [3.8, 4) is 0 Å². The maximum absolute atomic E-state index is 13.1. The molecule has 1 unspecified atom stereocenters. The Hall–Kier alpha value is -2.65. The number of amides is 1. The first kappa shape index (κ1) is 21.2. The summed E-state index contributed by atoms with van der Waals surface area (Å²) in [5.74, 6) is 0.844. The Kier molecular flexibility index (Phi) is 6.01. The van der Waals surface area contributed by atoms with Crippen LogP contribution in [0.5, 0.6) is 0 Å². The smallest absolute Gasteiger partial charge is 0.254 e. The van der Waals surface area contributed by atoms with Crippen molar-refractivity contribution in [1.82, 2.24) is 9.80 Å². The van der Waals surface area contributed by atoms with Gasteiger partial charge in [0.25, 0.3) is 5.91 Å². The molecular weight excluding hydrogens is 392 g/mol. The Bertz CT molecular complexity index is 1140. The van der Waals surface area contributed by atoms with Crippen molar-refractivity contribution in [2.24, 2.45) is 5.92 Å². The first-order chi connectivity index (χ1) is 15.6. The molecule has 2 aliphatic rings. The third kappa shape index (κ3) is 4.45. The van der Waals surface area contributed by atoms with Gasteiger partial charge in [-0.15, -0.1) is 0 Å². The van der Waals surface area contributed by atoms with Gasteiger partial charge in [0.2, 0.25) is 0 Å². The maximum Gasteiger partial charge on any atom is 0.254 e. The number of hydrogen-bond donors (Lipinski definition) is 0. The van der Waals surface area contributed by atoms with Crippen molar-refractivity contribution in [3.05, 3.63) is 82.4 Å². The molecule has 0 spiro atoms. The highest BCUT2D eigenvalue weighted by Crippen LogP contribution is 2.26. The molecule has 3 heteroatoms. The standard InChI is InChI=1S/C29H34N2O/c1-21-16-27-12-15-31(29(32)28(27)17-22(21)2)20-24-11-14-30(19-24)13-5-6-23-9-10-25-7-3-4-8-26(25)18-23/h3-4,7-10,16-18,24H,5-6,11-15,19-20H2,1-2H3. The molecule has 0 saturated carbocycles. The Balaban J connectivity index is 1.11. The summed E-state index contributed by atoms with van der Waals surface area (Å²) in [5, 5.41) is 2.66. The van der Waals surface area contributed by atoms with E-state index in [-0.39, 0.29) is 5.91 Å². The van der Waals surface area contributed by atoms with E-state index in [1.165, 1.54) is 52.4 Å². The number of nitrogens with zero attached hydrogens (tertiary/aromatic N) is 2. The van der Waals surface area contributed by atoms with Gasteiger partial charge in [0, 0.05) is 25.2 Å². The van der Waals surface area contributed by atoms with Crippen LogP contribution < -0.4 is 0 Å². The second kappa shape index (κ2) is 9.07. The van der Waals surface area contributed by atoms with Crippen LogP contribution in [-0.4, -0.2) is 48.4 Å². The normalized spacial score (nSPS) is 19.0. The summed E-state index contributed by atoms with van der Waals surface area (Å²) in [6, 6.07) is 19.8. The fourth-order valence-electron chi connectivity index (χ4n) is 5.46. The van der Waals surface area contributed by atoms with Gasteiger partial charge in [0.15, 0.2) is 0 Å². The lowest BCUT2D eigenvalue weighted by molar-refractivity contribution is 0.0712. The zero-order valence-corrected chi connectivity index (χ0v) is 19.4. The molecule has 2 heterocycles. The molecule has 3 aromatic carbocycles. The molecule has 2 aliphatic heterocycles. The van der Waals surface area contributed by atoms with E-state index in [1.54, 1.807) is 0 Å². The second-order valence-electron chi connectivity index (χ2n) is 9.84. The molecule has 0 bridgehead atoms. The van der Waals surface area contributed by atoms with Crippen molar-refractivity contribution in [1.29, 1.82) is 0 Å². The van der Waals surface area contributed by atoms with Crippen molar-refractivity contribution in [2.75, 3.05) is 32.7 Å². The maximum atomic E-state index is 13.1. The summed E-state index contributed by atoms with van der Waals surface area (Å²) in [7, 11) is 0. The molecule has 0 aromatic heterocycles. The minimum absolute atomic E-state index is 0.240. The lowest BCUT2D eigenvalue weighted by Crippen LogP contribution is -2.41. The summed E-state index contributed by atoms with van der Waals surface area (Å²) in [6.45, 7) is 9.46. The number of carbonyl (C=O) groups is 1. The van der Waals surface area contributed by atoms with Crippen molar-refractivity contribution < 1.29 is 4.79 Å². The summed E-state index contributed by atoms with van der Waals surface area (Å²) in [4.78, 5) is 17.8. The predicted molar refractivity (Wildman–Crippen MR) is 132 cm³/mol. The van der Waals surface area contributed by atoms with Crippen LogP contribution in [0.2, 0.25) is 0 Å². The molecular formula is C29H34N2O. The largest absolute Gasteiger partial charge is 0.338 e. The van der Waals surface area contributed by atoms with Gasteiger partial charge in [-0.2, -0.15) is 0 Å². The van der Waals surface area contributed by atoms with Crippen molar-refractivity contribution >= 4 is 16.7 Å². The zero-order valence-electron chi connectivity index (χ0n) is 19.4. The van der Waals surface area contributed by atoms with E-state index in [1.807, 2.05) is 0 Å². The average molecular weight is 427 g/mol. The second-order valence-corrected chi connectivity index (χ2v) is 9.84. The van der Waals surface area contributed by atoms with E-state index in [4.69, 9.17) is 0 Å². The molecule has 1 atom stereocenters. The highest BCUT2D eigenvalue weighted by Gasteiger charge is 2.29. The quantitative estimate of drug-likeness (QED) is 0.526. The summed E-state index contributed by atoms with van der Waals surface area (Å²) >= 11 is 0. The van der Waals surface area contributed by atoms with Gasteiger partial charge >= 0.3 is 0 Å². The topological polar surface area (TPSA) is 23.6 Å². The van der Waals surface area contributed by atoms with E-state index in [2.05, 4.69) is 78.2 Å². The molecule has 1 amide bonds. The molecule has 3 nitrogen and oxygen atoms in total. The van der Waals surface area contributed by atoms with Gasteiger partial charge in [-0.1, -0.05) is 48.5 Å². The molecule has 5 rings (SSSR count). The van der Waals surface area contributed by atoms with Gasteiger partial charge in [0.05, 0.1) is 0 Å². The number of hydrogen-bond acceptors (Lipinski definition) is 2. The fraction of sp³-hybridized carbons (Fsp3) is 0.414. The van der Waals surface area contributed by atoms with E-state index in [0.29, 0.717) is 5.92 Å². The van der Waals surface area contributed by atoms with E-state index in [0.717, 1.165) is 44.6 Å². The van der Waals surface area contributed by atoms with Crippen LogP contribution in [0.3, 0.4) is 0 Å². The van der Waals surface area contributed by atoms with Crippen LogP contribution in [0.25, 0.3) is 10.8 Å². The minimum Gasteiger partial charge on any atom is -0.338 e. The fourth-order valence-corrected chi connectivity index (χ4v) is 5.46. The van der Waals surface area contributed by atoms with Gasteiger partial charge in [0.1, 0.15) is 0 Å². The lowest BCUT2D eigenvalue weighted by atomic mass is 9.93. The van der Waals surface area contributed by atoms with Crippen LogP contribution in [-0.2, 0) is 12.8 Å². The number of benzene rings is 3. The van der Waals surface area contributed by atoms with Gasteiger partial charge in [-0.05, 0) is 97.6 Å². The SMILES string of the molecule is Cc1cc2c(cc1C)C(=O)N(CC1CCN(CCCc3ccc4ccccc4c3)C1)CC2. The molecule has 0 aliphatic carbocycles. The molecule has 0 N–H and O–H groups in total. The number of fused-ring (bicyclic) bond motifs is 2. The highest BCUT2D eigenvalue weighted by molar-refractivity contribution is 5.97.